The quantitative estimate of drug-likeness (QED) is 0.734. The van der Waals surface area contributed by atoms with Crippen LogP contribution >= 0.6 is 0 Å². The molecule has 1 aromatic rings. The molecule has 1 rings (SSSR count). The maximum Gasteiger partial charge on any atom is 0.224 e. The molecule has 0 saturated heterocycles. The number of aromatic nitrogens is 2. The van der Waals surface area contributed by atoms with E-state index in [2.05, 4.69) is 20.6 Å². The van der Waals surface area contributed by atoms with Crippen LogP contribution in [-0.2, 0) is 4.74 Å². The van der Waals surface area contributed by atoms with Gasteiger partial charge in [-0.3, -0.25) is 0 Å². The normalized spacial score (nSPS) is 12.2. The predicted molar refractivity (Wildman–Crippen MR) is 56.5 cm³/mol. The molecule has 78 valence electrons. The third-order valence-corrected chi connectivity index (χ3v) is 1.85. The standard InChI is InChI=1S/C9H16N4O/c1-7(14-3)6-12-8-4-5-11-9(10-2)13-8/h4-5,7H,6H2,1-3H3,(H2,10,11,12,13). The van der Waals surface area contributed by atoms with Gasteiger partial charge in [-0.15, -0.1) is 0 Å². The number of hydrogen-bond donors (Lipinski definition) is 2. The zero-order valence-electron chi connectivity index (χ0n) is 8.74. The van der Waals surface area contributed by atoms with E-state index in [0.29, 0.717) is 5.95 Å². The number of ether oxygens (including phenoxy) is 1. The summed E-state index contributed by atoms with van der Waals surface area (Å²) in [6, 6.07) is 1.82. The van der Waals surface area contributed by atoms with Crippen molar-refractivity contribution in [3.05, 3.63) is 12.3 Å². The molecule has 14 heavy (non-hydrogen) atoms. The van der Waals surface area contributed by atoms with Crippen molar-refractivity contribution in [2.45, 2.75) is 13.0 Å². The summed E-state index contributed by atoms with van der Waals surface area (Å²) < 4.78 is 5.11. The summed E-state index contributed by atoms with van der Waals surface area (Å²) >= 11 is 0. The SMILES string of the molecule is CNc1nccc(NCC(C)OC)n1. The van der Waals surface area contributed by atoms with E-state index in [-0.39, 0.29) is 6.10 Å². The average molecular weight is 196 g/mol. The number of nitrogens with zero attached hydrogens (tertiary/aromatic N) is 2. The summed E-state index contributed by atoms with van der Waals surface area (Å²) in [5, 5.41) is 6.03. The van der Waals surface area contributed by atoms with Gasteiger partial charge in [-0.2, -0.15) is 4.98 Å². The molecule has 0 aromatic carbocycles. The molecule has 0 spiro atoms. The molecule has 1 aromatic heterocycles. The molecule has 0 aliphatic carbocycles. The number of hydrogen-bond acceptors (Lipinski definition) is 5. The minimum absolute atomic E-state index is 0.169. The van der Waals surface area contributed by atoms with Crippen molar-refractivity contribution < 1.29 is 4.74 Å². The van der Waals surface area contributed by atoms with E-state index in [1.165, 1.54) is 0 Å². The second-order valence-corrected chi connectivity index (χ2v) is 2.94. The Morgan fingerprint density at radius 1 is 1.57 bits per heavy atom. The third-order valence-electron chi connectivity index (χ3n) is 1.85. The first-order chi connectivity index (χ1) is 6.76. The molecule has 1 atom stereocenters. The molecule has 0 fully saturated rings. The van der Waals surface area contributed by atoms with Crippen molar-refractivity contribution in [2.75, 3.05) is 31.3 Å². The van der Waals surface area contributed by atoms with Gasteiger partial charge < -0.3 is 15.4 Å². The molecule has 5 nitrogen and oxygen atoms in total. The van der Waals surface area contributed by atoms with Crippen molar-refractivity contribution in [1.29, 1.82) is 0 Å². The highest BCUT2D eigenvalue weighted by atomic mass is 16.5. The van der Waals surface area contributed by atoms with E-state index in [1.54, 1.807) is 20.4 Å². The summed E-state index contributed by atoms with van der Waals surface area (Å²) in [5.41, 5.74) is 0. The van der Waals surface area contributed by atoms with Crippen LogP contribution < -0.4 is 10.6 Å². The fourth-order valence-electron chi connectivity index (χ4n) is 0.909. The summed E-state index contributed by atoms with van der Waals surface area (Å²) in [7, 11) is 3.47. The molecule has 1 heterocycles. The van der Waals surface area contributed by atoms with E-state index in [9.17, 15) is 0 Å². The molecule has 0 aliphatic rings. The van der Waals surface area contributed by atoms with Crippen LogP contribution in [0, 0.1) is 0 Å². The van der Waals surface area contributed by atoms with E-state index in [4.69, 9.17) is 4.74 Å². The highest BCUT2D eigenvalue weighted by Gasteiger charge is 2.00. The van der Waals surface area contributed by atoms with Crippen molar-refractivity contribution >= 4 is 11.8 Å². The number of anilines is 2. The Balaban J connectivity index is 2.50. The van der Waals surface area contributed by atoms with Crippen LogP contribution in [0.25, 0.3) is 0 Å². The smallest absolute Gasteiger partial charge is 0.224 e. The third kappa shape index (κ3) is 3.18. The lowest BCUT2D eigenvalue weighted by Gasteiger charge is -2.11. The summed E-state index contributed by atoms with van der Waals surface area (Å²) in [6.45, 7) is 2.73. The van der Waals surface area contributed by atoms with Crippen molar-refractivity contribution in [2.24, 2.45) is 0 Å². The zero-order chi connectivity index (χ0) is 10.4. The minimum Gasteiger partial charge on any atom is -0.380 e. The fraction of sp³-hybridized carbons (Fsp3) is 0.556. The lowest BCUT2D eigenvalue weighted by Crippen LogP contribution is -2.18. The zero-order valence-corrected chi connectivity index (χ0v) is 8.74. The number of methoxy groups -OCH3 is 1. The first-order valence-corrected chi connectivity index (χ1v) is 4.53. The molecular formula is C9H16N4O. The van der Waals surface area contributed by atoms with E-state index < -0.39 is 0 Å². The largest absolute Gasteiger partial charge is 0.380 e. The Labute approximate surface area is 83.9 Å². The summed E-state index contributed by atoms with van der Waals surface area (Å²) in [4.78, 5) is 8.22. The van der Waals surface area contributed by atoms with Crippen molar-refractivity contribution in [3.8, 4) is 0 Å². The molecule has 0 saturated carbocycles. The van der Waals surface area contributed by atoms with Gasteiger partial charge in [0.1, 0.15) is 5.82 Å². The Kier molecular flexibility index (Phi) is 4.12. The number of nitrogens with one attached hydrogen (secondary N) is 2. The molecule has 1 unspecified atom stereocenters. The molecule has 0 amide bonds. The van der Waals surface area contributed by atoms with Crippen LogP contribution in [-0.4, -0.2) is 36.8 Å². The van der Waals surface area contributed by atoms with E-state index >= 15 is 0 Å². The Bertz CT molecular complexity index is 279. The molecular weight excluding hydrogens is 180 g/mol. The lowest BCUT2D eigenvalue weighted by molar-refractivity contribution is 0.128. The van der Waals surface area contributed by atoms with Gasteiger partial charge in [0, 0.05) is 26.9 Å². The van der Waals surface area contributed by atoms with Crippen LogP contribution in [0.3, 0.4) is 0 Å². The lowest BCUT2D eigenvalue weighted by atomic mass is 10.4. The van der Waals surface area contributed by atoms with E-state index in [0.717, 1.165) is 12.4 Å². The van der Waals surface area contributed by atoms with Crippen LogP contribution in [0.5, 0.6) is 0 Å². The van der Waals surface area contributed by atoms with Crippen molar-refractivity contribution in [3.63, 3.8) is 0 Å². The van der Waals surface area contributed by atoms with Crippen molar-refractivity contribution in [1.82, 2.24) is 9.97 Å². The first-order valence-electron chi connectivity index (χ1n) is 4.53. The second-order valence-electron chi connectivity index (χ2n) is 2.94. The highest BCUT2D eigenvalue weighted by molar-refractivity contribution is 5.39. The summed E-state index contributed by atoms with van der Waals surface area (Å²) in [6.07, 6.45) is 1.88. The molecule has 0 aliphatic heterocycles. The maximum atomic E-state index is 5.11. The molecule has 0 radical (unpaired) electrons. The van der Waals surface area contributed by atoms with Crippen LogP contribution in [0.4, 0.5) is 11.8 Å². The molecule has 2 N–H and O–H groups in total. The van der Waals surface area contributed by atoms with Gasteiger partial charge in [0.15, 0.2) is 0 Å². The number of rotatable bonds is 5. The highest BCUT2D eigenvalue weighted by Crippen LogP contribution is 2.04. The summed E-state index contributed by atoms with van der Waals surface area (Å²) in [5.74, 6) is 1.41. The predicted octanol–water partition coefficient (Wildman–Crippen LogP) is 0.965. The van der Waals surface area contributed by atoms with Crippen LogP contribution in [0.15, 0.2) is 12.3 Å². The molecule has 0 bridgehead atoms. The fourth-order valence-corrected chi connectivity index (χ4v) is 0.909. The van der Waals surface area contributed by atoms with Gasteiger partial charge in [0.2, 0.25) is 5.95 Å². The molecule has 5 heteroatoms. The van der Waals surface area contributed by atoms with Crippen LogP contribution in [0.1, 0.15) is 6.92 Å². The van der Waals surface area contributed by atoms with Gasteiger partial charge >= 0.3 is 0 Å². The van der Waals surface area contributed by atoms with Gasteiger partial charge in [-0.05, 0) is 13.0 Å². The van der Waals surface area contributed by atoms with E-state index in [1.807, 2.05) is 13.0 Å². The monoisotopic (exact) mass is 196 g/mol. The van der Waals surface area contributed by atoms with Crippen LogP contribution in [0.2, 0.25) is 0 Å². The minimum atomic E-state index is 0.169. The Morgan fingerprint density at radius 2 is 2.36 bits per heavy atom. The second kappa shape index (κ2) is 5.39. The Morgan fingerprint density at radius 3 is 3.00 bits per heavy atom. The Hall–Kier alpha value is -1.36. The van der Waals surface area contributed by atoms with Gasteiger partial charge in [-0.1, -0.05) is 0 Å². The van der Waals surface area contributed by atoms with Gasteiger partial charge in [0.05, 0.1) is 6.10 Å². The maximum absolute atomic E-state index is 5.11. The first kappa shape index (κ1) is 10.7. The average Bonchev–Trinajstić information content (AvgIpc) is 2.26. The topological polar surface area (TPSA) is 59.1 Å². The van der Waals surface area contributed by atoms with Gasteiger partial charge in [-0.25, -0.2) is 4.98 Å². The van der Waals surface area contributed by atoms with Gasteiger partial charge in [0.25, 0.3) is 0 Å².